The van der Waals surface area contributed by atoms with Gasteiger partial charge >= 0.3 is 0 Å². The molecule has 1 aromatic carbocycles. The predicted octanol–water partition coefficient (Wildman–Crippen LogP) is 3.59. The van der Waals surface area contributed by atoms with Crippen molar-refractivity contribution in [2.45, 2.75) is 26.8 Å². The second-order valence-electron chi connectivity index (χ2n) is 5.35. The van der Waals surface area contributed by atoms with E-state index in [4.69, 9.17) is 0 Å². The molecule has 2 aromatic heterocycles. The zero-order valence-corrected chi connectivity index (χ0v) is 12.7. The van der Waals surface area contributed by atoms with Gasteiger partial charge in [-0.1, -0.05) is 0 Å². The van der Waals surface area contributed by atoms with Crippen molar-refractivity contribution in [3.05, 3.63) is 48.7 Å². The number of nitrogens with zero attached hydrogens (tertiary/aromatic N) is 3. The highest BCUT2D eigenvalue weighted by molar-refractivity contribution is 5.83. The minimum Gasteiger partial charge on any atom is -0.372 e. The maximum absolute atomic E-state index is 4.27. The largest absolute Gasteiger partial charge is 0.372 e. The molecular formula is C17H22N4. The number of H-pyrrole nitrogens is 1. The molecule has 0 aliphatic carbocycles. The van der Waals surface area contributed by atoms with E-state index in [1.165, 1.54) is 16.6 Å². The van der Waals surface area contributed by atoms with Gasteiger partial charge in [-0.15, -0.1) is 0 Å². The van der Waals surface area contributed by atoms with Crippen LogP contribution in [-0.2, 0) is 6.54 Å². The summed E-state index contributed by atoms with van der Waals surface area (Å²) in [6.45, 7) is 7.37. The van der Waals surface area contributed by atoms with E-state index in [0.717, 1.165) is 31.9 Å². The number of nitrogens with one attached hydrogen (secondary N) is 1. The van der Waals surface area contributed by atoms with E-state index in [1.54, 1.807) is 0 Å². The van der Waals surface area contributed by atoms with Crippen LogP contribution in [0.5, 0.6) is 0 Å². The van der Waals surface area contributed by atoms with Crippen molar-refractivity contribution >= 4 is 16.6 Å². The zero-order chi connectivity index (χ0) is 14.7. The lowest BCUT2D eigenvalue weighted by Gasteiger charge is -2.23. The average molecular weight is 282 g/mol. The molecule has 4 nitrogen and oxygen atoms in total. The Kier molecular flexibility index (Phi) is 3.95. The third-order valence-electron chi connectivity index (χ3n) is 4.03. The van der Waals surface area contributed by atoms with E-state index in [1.807, 2.05) is 12.4 Å². The van der Waals surface area contributed by atoms with Crippen molar-refractivity contribution in [2.75, 3.05) is 18.0 Å². The predicted molar refractivity (Wildman–Crippen MR) is 87.8 cm³/mol. The highest BCUT2D eigenvalue weighted by Gasteiger charge is 2.06. The highest BCUT2D eigenvalue weighted by atomic mass is 15.1. The summed E-state index contributed by atoms with van der Waals surface area (Å²) in [6.07, 6.45) is 7.03. The number of imidazole rings is 1. The molecule has 4 heteroatoms. The van der Waals surface area contributed by atoms with E-state index in [0.29, 0.717) is 0 Å². The summed E-state index contributed by atoms with van der Waals surface area (Å²) >= 11 is 0. The number of fused-ring (bicyclic) bond motifs is 1. The van der Waals surface area contributed by atoms with Gasteiger partial charge in [0, 0.05) is 54.8 Å². The van der Waals surface area contributed by atoms with Crippen LogP contribution >= 0.6 is 0 Å². The number of hydrogen-bond donors (Lipinski definition) is 1. The number of anilines is 1. The second kappa shape index (κ2) is 6.04. The van der Waals surface area contributed by atoms with Crippen LogP contribution in [0.25, 0.3) is 10.9 Å². The Morgan fingerprint density at radius 3 is 2.95 bits per heavy atom. The molecule has 110 valence electrons. The van der Waals surface area contributed by atoms with Crippen molar-refractivity contribution in [3.8, 4) is 0 Å². The normalized spacial score (nSPS) is 11.1. The molecular weight excluding hydrogens is 260 g/mol. The average Bonchev–Trinajstić information content (AvgIpc) is 3.12. The van der Waals surface area contributed by atoms with Crippen LogP contribution in [-0.4, -0.2) is 27.6 Å². The minimum absolute atomic E-state index is 1.02. The van der Waals surface area contributed by atoms with Crippen molar-refractivity contribution in [1.29, 1.82) is 0 Å². The molecule has 0 saturated heterocycles. The first kappa shape index (κ1) is 13.7. The molecule has 0 saturated carbocycles. The molecule has 0 spiro atoms. The molecule has 0 amide bonds. The third kappa shape index (κ3) is 2.94. The number of aromatic amines is 1. The molecule has 0 bridgehead atoms. The van der Waals surface area contributed by atoms with Gasteiger partial charge in [-0.2, -0.15) is 0 Å². The summed E-state index contributed by atoms with van der Waals surface area (Å²) in [5.41, 5.74) is 2.50. The Morgan fingerprint density at radius 1 is 1.29 bits per heavy atom. The van der Waals surface area contributed by atoms with Crippen LogP contribution in [0.1, 0.15) is 19.2 Å². The van der Waals surface area contributed by atoms with E-state index >= 15 is 0 Å². The maximum atomic E-state index is 4.27. The molecule has 0 unspecified atom stereocenters. The van der Waals surface area contributed by atoms with Gasteiger partial charge in [-0.05, 0) is 44.5 Å². The van der Waals surface area contributed by atoms with Crippen LogP contribution in [0.3, 0.4) is 0 Å². The van der Waals surface area contributed by atoms with Crippen LogP contribution in [0.4, 0.5) is 5.69 Å². The Balaban J connectivity index is 1.65. The summed E-state index contributed by atoms with van der Waals surface area (Å²) in [7, 11) is 0. The zero-order valence-electron chi connectivity index (χ0n) is 12.7. The van der Waals surface area contributed by atoms with Crippen LogP contribution in [0.15, 0.2) is 42.9 Å². The van der Waals surface area contributed by atoms with Crippen molar-refractivity contribution in [3.63, 3.8) is 0 Å². The van der Waals surface area contributed by atoms with E-state index in [2.05, 4.69) is 63.7 Å². The Morgan fingerprint density at radius 2 is 2.19 bits per heavy atom. The van der Waals surface area contributed by atoms with E-state index < -0.39 is 0 Å². The van der Waals surface area contributed by atoms with Crippen LogP contribution in [0, 0.1) is 6.92 Å². The minimum atomic E-state index is 1.02. The summed E-state index contributed by atoms with van der Waals surface area (Å²) in [5.74, 6) is 1.09. The van der Waals surface area contributed by atoms with Gasteiger partial charge in [0.15, 0.2) is 0 Å². The monoisotopic (exact) mass is 282 g/mol. The highest BCUT2D eigenvalue weighted by Crippen LogP contribution is 2.21. The Hall–Kier alpha value is -2.23. The lowest BCUT2D eigenvalue weighted by Crippen LogP contribution is -2.24. The lowest BCUT2D eigenvalue weighted by molar-refractivity contribution is 0.613. The SMILES string of the molecule is CCN(CCCn1ccnc1C)c1ccc2[nH]ccc2c1. The fourth-order valence-corrected chi connectivity index (χ4v) is 2.78. The molecule has 0 aliphatic rings. The molecule has 0 aliphatic heterocycles. The molecule has 0 atom stereocenters. The Labute approximate surface area is 125 Å². The lowest BCUT2D eigenvalue weighted by atomic mass is 10.2. The maximum Gasteiger partial charge on any atom is 0.105 e. The summed E-state index contributed by atoms with van der Waals surface area (Å²) in [4.78, 5) is 9.94. The van der Waals surface area contributed by atoms with E-state index in [9.17, 15) is 0 Å². The first-order valence-electron chi connectivity index (χ1n) is 7.58. The fraction of sp³-hybridized carbons (Fsp3) is 0.353. The van der Waals surface area contributed by atoms with Gasteiger partial charge in [-0.25, -0.2) is 4.98 Å². The van der Waals surface area contributed by atoms with Crippen LogP contribution < -0.4 is 4.90 Å². The number of hydrogen-bond acceptors (Lipinski definition) is 2. The molecule has 2 heterocycles. The number of benzene rings is 1. The molecule has 0 fully saturated rings. The second-order valence-corrected chi connectivity index (χ2v) is 5.35. The van der Waals surface area contributed by atoms with E-state index in [-0.39, 0.29) is 0 Å². The van der Waals surface area contributed by atoms with Gasteiger partial charge in [-0.3, -0.25) is 0 Å². The first-order valence-corrected chi connectivity index (χ1v) is 7.58. The summed E-state index contributed by atoms with van der Waals surface area (Å²) in [5, 5.41) is 1.27. The molecule has 0 radical (unpaired) electrons. The van der Waals surface area contributed by atoms with Crippen molar-refractivity contribution < 1.29 is 0 Å². The van der Waals surface area contributed by atoms with Crippen molar-refractivity contribution in [1.82, 2.24) is 14.5 Å². The van der Waals surface area contributed by atoms with Gasteiger partial charge in [0.1, 0.15) is 5.82 Å². The van der Waals surface area contributed by atoms with Gasteiger partial charge in [0.2, 0.25) is 0 Å². The topological polar surface area (TPSA) is 36.9 Å². The third-order valence-corrected chi connectivity index (χ3v) is 4.03. The standard InChI is InChI=1S/C17H22N4/c1-3-20(10-4-11-21-12-9-18-14(21)2)16-5-6-17-15(13-16)7-8-19-17/h5-9,12-13,19H,3-4,10-11H2,1-2H3. The number of aryl methyl sites for hydroxylation is 2. The van der Waals surface area contributed by atoms with Gasteiger partial charge < -0.3 is 14.5 Å². The molecule has 3 rings (SSSR count). The summed E-state index contributed by atoms with van der Waals surface area (Å²) in [6, 6.07) is 8.75. The number of rotatable bonds is 6. The Bertz CT molecular complexity index is 710. The fourth-order valence-electron chi connectivity index (χ4n) is 2.78. The quantitative estimate of drug-likeness (QED) is 0.750. The smallest absolute Gasteiger partial charge is 0.105 e. The van der Waals surface area contributed by atoms with Gasteiger partial charge in [0.25, 0.3) is 0 Å². The number of aromatic nitrogens is 3. The van der Waals surface area contributed by atoms with Gasteiger partial charge in [0.05, 0.1) is 0 Å². The van der Waals surface area contributed by atoms with Crippen molar-refractivity contribution in [2.24, 2.45) is 0 Å². The van der Waals surface area contributed by atoms with Crippen LogP contribution in [0.2, 0.25) is 0 Å². The first-order chi connectivity index (χ1) is 10.3. The summed E-state index contributed by atoms with van der Waals surface area (Å²) < 4.78 is 2.21. The molecule has 3 aromatic rings. The molecule has 1 N–H and O–H groups in total. The molecule has 21 heavy (non-hydrogen) atoms.